The van der Waals surface area contributed by atoms with Gasteiger partial charge in [-0.15, -0.1) is 11.3 Å². The van der Waals surface area contributed by atoms with E-state index in [1.54, 1.807) is 11.3 Å². The first kappa shape index (κ1) is 15.1. The minimum Gasteiger partial charge on any atom is -0.494 e. The van der Waals surface area contributed by atoms with E-state index >= 15 is 0 Å². The van der Waals surface area contributed by atoms with Gasteiger partial charge in [0.2, 0.25) is 0 Å². The second kappa shape index (κ2) is 7.46. The molecule has 0 aliphatic carbocycles. The first-order valence-corrected chi connectivity index (χ1v) is 8.08. The predicted molar refractivity (Wildman–Crippen MR) is 86.8 cm³/mol. The van der Waals surface area contributed by atoms with E-state index in [4.69, 9.17) is 4.74 Å². The standard InChI is InChI=1S/C17H23NOS/c1-4-5-11-19-15-8-6-14(7-9-15)16(18-3)17-13(2)10-12-20-17/h6-10,12,16,18H,4-5,11H2,1-3H3. The highest BCUT2D eigenvalue weighted by molar-refractivity contribution is 7.10. The molecule has 1 aromatic heterocycles. The molecule has 0 saturated heterocycles. The summed E-state index contributed by atoms with van der Waals surface area (Å²) in [6.07, 6.45) is 2.27. The molecule has 1 aromatic carbocycles. The van der Waals surface area contributed by atoms with Crippen molar-refractivity contribution >= 4 is 11.3 Å². The Bertz CT molecular complexity index is 518. The molecule has 0 amide bonds. The SMILES string of the molecule is CCCCOc1ccc(C(NC)c2sccc2C)cc1. The minimum atomic E-state index is 0.264. The summed E-state index contributed by atoms with van der Waals surface area (Å²) in [6.45, 7) is 5.14. The molecular weight excluding hydrogens is 266 g/mol. The Balaban J connectivity index is 2.10. The highest BCUT2D eigenvalue weighted by Crippen LogP contribution is 2.30. The lowest BCUT2D eigenvalue weighted by Gasteiger charge is -2.17. The molecule has 1 atom stereocenters. The van der Waals surface area contributed by atoms with Gasteiger partial charge in [-0.05, 0) is 55.1 Å². The fourth-order valence-electron chi connectivity index (χ4n) is 2.22. The Morgan fingerprint density at radius 2 is 1.95 bits per heavy atom. The van der Waals surface area contributed by atoms with Crippen LogP contribution < -0.4 is 10.1 Å². The van der Waals surface area contributed by atoms with E-state index < -0.39 is 0 Å². The molecule has 0 aliphatic heterocycles. The fraction of sp³-hybridized carbons (Fsp3) is 0.412. The van der Waals surface area contributed by atoms with Crippen LogP contribution in [0.5, 0.6) is 5.75 Å². The van der Waals surface area contributed by atoms with Gasteiger partial charge in [-0.3, -0.25) is 0 Å². The largest absolute Gasteiger partial charge is 0.494 e. The van der Waals surface area contributed by atoms with E-state index in [1.807, 2.05) is 7.05 Å². The van der Waals surface area contributed by atoms with Gasteiger partial charge >= 0.3 is 0 Å². The van der Waals surface area contributed by atoms with Gasteiger partial charge in [-0.1, -0.05) is 25.5 Å². The molecule has 0 aliphatic rings. The minimum absolute atomic E-state index is 0.264. The van der Waals surface area contributed by atoms with Gasteiger partial charge in [0.05, 0.1) is 12.6 Å². The van der Waals surface area contributed by atoms with Crippen LogP contribution in [0.25, 0.3) is 0 Å². The van der Waals surface area contributed by atoms with Gasteiger partial charge in [0, 0.05) is 4.88 Å². The molecule has 0 spiro atoms. The predicted octanol–water partition coefficient (Wildman–Crippen LogP) is 4.54. The van der Waals surface area contributed by atoms with Crippen molar-refractivity contribution in [3.05, 3.63) is 51.7 Å². The zero-order valence-corrected chi connectivity index (χ0v) is 13.3. The Kier molecular flexibility index (Phi) is 5.62. The lowest BCUT2D eigenvalue weighted by molar-refractivity contribution is 0.309. The van der Waals surface area contributed by atoms with Crippen molar-refractivity contribution in [2.75, 3.05) is 13.7 Å². The Morgan fingerprint density at radius 3 is 2.50 bits per heavy atom. The number of benzene rings is 1. The molecule has 2 rings (SSSR count). The molecule has 0 radical (unpaired) electrons. The number of rotatable bonds is 7. The summed E-state index contributed by atoms with van der Waals surface area (Å²) < 4.78 is 5.71. The molecule has 20 heavy (non-hydrogen) atoms. The summed E-state index contributed by atoms with van der Waals surface area (Å²) in [5.74, 6) is 0.958. The van der Waals surface area contributed by atoms with Crippen molar-refractivity contribution in [2.24, 2.45) is 0 Å². The summed E-state index contributed by atoms with van der Waals surface area (Å²) in [7, 11) is 2.01. The Morgan fingerprint density at radius 1 is 1.20 bits per heavy atom. The number of aryl methyl sites for hydroxylation is 1. The maximum atomic E-state index is 5.71. The normalized spacial score (nSPS) is 12.3. The van der Waals surface area contributed by atoms with Gasteiger partial charge in [-0.2, -0.15) is 0 Å². The fourth-order valence-corrected chi connectivity index (χ4v) is 3.28. The highest BCUT2D eigenvalue weighted by atomic mass is 32.1. The van der Waals surface area contributed by atoms with Crippen molar-refractivity contribution < 1.29 is 4.74 Å². The summed E-state index contributed by atoms with van der Waals surface area (Å²) >= 11 is 1.80. The molecule has 3 heteroatoms. The molecule has 0 bridgehead atoms. The van der Waals surface area contributed by atoms with Crippen LogP contribution in [-0.2, 0) is 0 Å². The quantitative estimate of drug-likeness (QED) is 0.755. The summed E-state index contributed by atoms with van der Waals surface area (Å²) in [5.41, 5.74) is 2.62. The van der Waals surface area contributed by atoms with Gasteiger partial charge in [-0.25, -0.2) is 0 Å². The van der Waals surface area contributed by atoms with E-state index in [2.05, 4.69) is 54.9 Å². The lowest BCUT2D eigenvalue weighted by Crippen LogP contribution is -2.17. The van der Waals surface area contributed by atoms with Crippen LogP contribution in [0.4, 0.5) is 0 Å². The smallest absolute Gasteiger partial charge is 0.119 e. The summed E-state index contributed by atoms with van der Waals surface area (Å²) in [4.78, 5) is 1.38. The monoisotopic (exact) mass is 289 g/mol. The van der Waals surface area contributed by atoms with E-state index in [0.717, 1.165) is 25.2 Å². The van der Waals surface area contributed by atoms with Crippen molar-refractivity contribution in [3.63, 3.8) is 0 Å². The highest BCUT2D eigenvalue weighted by Gasteiger charge is 2.15. The van der Waals surface area contributed by atoms with Crippen LogP contribution in [0.3, 0.4) is 0 Å². The lowest BCUT2D eigenvalue weighted by atomic mass is 10.0. The third-order valence-electron chi connectivity index (χ3n) is 3.43. The summed E-state index contributed by atoms with van der Waals surface area (Å²) in [6, 6.07) is 10.9. The molecule has 1 unspecified atom stereocenters. The maximum absolute atomic E-state index is 5.71. The molecule has 108 valence electrons. The third kappa shape index (κ3) is 3.62. The number of hydrogen-bond donors (Lipinski definition) is 1. The van der Waals surface area contributed by atoms with Crippen molar-refractivity contribution in [1.82, 2.24) is 5.32 Å². The van der Waals surface area contributed by atoms with Crippen LogP contribution >= 0.6 is 11.3 Å². The Hall–Kier alpha value is -1.32. The first-order valence-electron chi connectivity index (χ1n) is 7.20. The van der Waals surface area contributed by atoms with Crippen LogP contribution in [0, 0.1) is 6.92 Å². The van der Waals surface area contributed by atoms with Crippen LogP contribution in [-0.4, -0.2) is 13.7 Å². The number of ether oxygens (including phenoxy) is 1. The zero-order chi connectivity index (χ0) is 14.4. The van der Waals surface area contributed by atoms with Crippen molar-refractivity contribution in [2.45, 2.75) is 32.7 Å². The molecule has 1 heterocycles. The number of nitrogens with one attached hydrogen (secondary N) is 1. The van der Waals surface area contributed by atoms with Gasteiger partial charge in [0.25, 0.3) is 0 Å². The topological polar surface area (TPSA) is 21.3 Å². The van der Waals surface area contributed by atoms with Crippen LogP contribution in [0.2, 0.25) is 0 Å². The van der Waals surface area contributed by atoms with Gasteiger partial charge < -0.3 is 10.1 Å². The zero-order valence-electron chi connectivity index (χ0n) is 12.5. The second-order valence-electron chi connectivity index (χ2n) is 4.96. The average molecular weight is 289 g/mol. The summed E-state index contributed by atoms with van der Waals surface area (Å²) in [5, 5.41) is 5.55. The second-order valence-corrected chi connectivity index (χ2v) is 5.91. The maximum Gasteiger partial charge on any atom is 0.119 e. The Labute approximate surface area is 125 Å². The first-order chi connectivity index (χ1) is 9.76. The van der Waals surface area contributed by atoms with E-state index in [9.17, 15) is 0 Å². The average Bonchev–Trinajstić information content (AvgIpc) is 2.88. The van der Waals surface area contributed by atoms with Crippen LogP contribution in [0.1, 0.15) is 41.8 Å². The van der Waals surface area contributed by atoms with Crippen LogP contribution in [0.15, 0.2) is 35.7 Å². The molecular formula is C17H23NOS. The molecule has 0 fully saturated rings. The van der Waals surface area contributed by atoms with E-state index in [0.29, 0.717) is 0 Å². The van der Waals surface area contributed by atoms with E-state index in [1.165, 1.54) is 16.0 Å². The van der Waals surface area contributed by atoms with Crippen molar-refractivity contribution in [1.29, 1.82) is 0 Å². The van der Waals surface area contributed by atoms with E-state index in [-0.39, 0.29) is 6.04 Å². The number of thiophene rings is 1. The molecule has 0 saturated carbocycles. The van der Waals surface area contributed by atoms with Crippen molar-refractivity contribution in [3.8, 4) is 5.75 Å². The van der Waals surface area contributed by atoms with Gasteiger partial charge in [0.1, 0.15) is 5.75 Å². The molecule has 2 nitrogen and oxygen atoms in total. The molecule has 2 aromatic rings. The van der Waals surface area contributed by atoms with Gasteiger partial charge in [0.15, 0.2) is 0 Å². The number of hydrogen-bond acceptors (Lipinski definition) is 3. The third-order valence-corrected chi connectivity index (χ3v) is 4.52. The number of unbranched alkanes of at least 4 members (excludes halogenated alkanes) is 1. The molecule has 1 N–H and O–H groups in total.